The van der Waals surface area contributed by atoms with Crippen LogP contribution in [0.4, 0.5) is 0 Å². The number of benzene rings is 3. The lowest BCUT2D eigenvalue weighted by Gasteiger charge is -2.15. The van der Waals surface area contributed by atoms with Gasteiger partial charge in [0, 0.05) is 38.0 Å². The van der Waals surface area contributed by atoms with E-state index in [0.717, 1.165) is 38.5 Å². The van der Waals surface area contributed by atoms with Gasteiger partial charge in [-0.2, -0.15) is 0 Å². The number of ether oxygens (including phenoxy) is 7. The fourth-order valence-electron chi connectivity index (χ4n) is 5.31. The number of hydrogen-bond donors (Lipinski definition) is 6. The molecule has 0 saturated heterocycles. The number of aliphatic hydroxyl groups is 3. The molecule has 0 saturated carbocycles. The van der Waals surface area contributed by atoms with E-state index in [1.807, 2.05) is 13.8 Å². The maximum atomic E-state index is 11.2. The fraction of sp³-hybridized carbons (Fsp3) is 0.512. The van der Waals surface area contributed by atoms with E-state index in [1.54, 1.807) is 18.2 Å². The number of aromatic hydroxyl groups is 3. The van der Waals surface area contributed by atoms with Crippen molar-refractivity contribution in [1.29, 1.82) is 0 Å². The van der Waals surface area contributed by atoms with E-state index in [9.17, 15) is 30.6 Å². The van der Waals surface area contributed by atoms with Gasteiger partial charge >= 0.3 is 0 Å². The van der Waals surface area contributed by atoms with Crippen molar-refractivity contribution in [3.05, 3.63) is 54.6 Å². The maximum absolute atomic E-state index is 11.2. The van der Waals surface area contributed by atoms with Gasteiger partial charge < -0.3 is 63.8 Å². The van der Waals surface area contributed by atoms with Crippen LogP contribution in [0.2, 0.25) is 0 Å². The minimum atomic E-state index is -0.946. The van der Waals surface area contributed by atoms with Gasteiger partial charge in [-0.1, -0.05) is 40.0 Å². The van der Waals surface area contributed by atoms with E-state index in [1.165, 1.54) is 36.4 Å². The van der Waals surface area contributed by atoms with Gasteiger partial charge in [-0.25, -0.2) is 15.0 Å². The summed E-state index contributed by atoms with van der Waals surface area (Å²) in [6.07, 6.45) is 2.98. The number of phenolic OH excluding ortho intramolecular Hbond substituents is 3. The number of rotatable bonds is 29. The van der Waals surface area contributed by atoms with Gasteiger partial charge in [-0.3, -0.25) is 0 Å². The molecule has 324 valence electrons. The zero-order valence-corrected chi connectivity index (χ0v) is 34.1. The highest BCUT2D eigenvalue weighted by Gasteiger charge is 2.20. The minimum absolute atomic E-state index is 0.00141. The van der Waals surface area contributed by atoms with Gasteiger partial charge in [0.05, 0.1) is 36.5 Å². The lowest BCUT2D eigenvalue weighted by Crippen LogP contribution is -2.24. The Morgan fingerprint density at radius 3 is 1.08 bits per heavy atom. The van der Waals surface area contributed by atoms with Gasteiger partial charge in [0.15, 0.2) is 17.5 Å². The molecule has 3 unspecified atom stereocenters. The molecule has 0 spiro atoms. The van der Waals surface area contributed by atoms with E-state index in [-0.39, 0.29) is 115 Å². The third kappa shape index (κ3) is 16.0. The van der Waals surface area contributed by atoms with Gasteiger partial charge in [0.25, 0.3) is 0 Å². The largest absolute Gasteiger partial charge is 0.507 e. The first-order valence-corrected chi connectivity index (χ1v) is 20.1. The molecule has 59 heavy (non-hydrogen) atoms. The highest BCUT2D eigenvalue weighted by Crippen LogP contribution is 2.37. The predicted octanol–water partition coefficient (Wildman–Crippen LogP) is 5.63. The molecule has 0 amide bonds. The zero-order valence-electron chi connectivity index (χ0n) is 34.1. The summed E-state index contributed by atoms with van der Waals surface area (Å²) in [4.78, 5) is 13.7. The number of aliphatic hydroxyl groups excluding tert-OH is 3. The Balaban J connectivity index is 1.56. The standard InChI is InChI=1S/C43H59N3O13/c1-4-7-16-53-22-29(47)25-57-32-10-13-35(38(50)19-32)41-44-42(36-14-11-33(20-39(36)51)58-26-30(48)23-54-17-8-5-2)46-43(45-41)37-15-12-34(21-40(37)52)59-27-31(49)24-56-28-55-18-9-6-3/h10-15,19-21,29-31,47-52H,4-9,16-18,22-28H2,1-3H3. The monoisotopic (exact) mass is 825 g/mol. The topological polar surface area (TPSA) is 225 Å². The van der Waals surface area contributed by atoms with E-state index < -0.39 is 18.3 Å². The lowest BCUT2D eigenvalue weighted by molar-refractivity contribution is -0.0846. The summed E-state index contributed by atoms with van der Waals surface area (Å²) in [5.41, 5.74) is 0.554. The number of hydrogen-bond acceptors (Lipinski definition) is 16. The Labute approximate surface area is 345 Å². The van der Waals surface area contributed by atoms with Crippen molar-refractivity contribution < 1.29 is 63.8 Å². The number of aromatic nitrogens is 3. The molecule has 6 N–H and O–H groups in total. The van der Waals surface area contributed by atoms with Gasteiger partial charge in [0.2, 0.25) is 0 Å². The first-order valence-electron chi connectivity index (χ1n) is 20.1. The molecule has 0 aliphatic heterocycles. The van der Waals surface area contributed by atoms with Gasteiger partial charge in [0.1, 0.15) is 79.4 Å². The van der Waals surface area contributed by atoms with Crippen molar-refractivity contribution in [3.63, 3.8) is 0 Å². The molecule has 0 fully saturated rings. The highest BCUT2D eigenvalue weighted by molar-refractivity contribution is 5.74. The lowest BCUT2D eigenvalue weighted by atomic mass is 10.1. The van der Waals surface area contributed by atoms with E-state index >= 15 is 0 Å². The summed E-state index contributed by atoms with van der Waals surface area (Å²) in [7, 11) is 0. The van der Waals surface area contributed by atoms with Crippen LogP contribution in [0.5, 0.6) is 34.5 Å². The van der Waals surface area contributed by atoms with Crippen LogP contribution in [0.15, 0.2) is 54.6 Å². The molecule has 0 radical (unpaired) electrons. The SMILES string of the molecule is CCCCOCOCC(O)COc1ccc(-c2nc(-c3ccc(OCC(O)COCCCC)cc3O)nc(-c3ccc(OCC(O)COCCCC)cc3O)n2)c(O)c1. The van der Waals surface area contributed by atoms with Crippen molar-refractivity contribution in [3.8, 4) is 68.7 Å². The van der Waals surface area contributed by atoms with Crippen molar-refractivity contribution in [2.45, 2.75) is 77.6 Å². The van der Waals surface area contributed by atoms with Crippen LogP contribution in [-0.2, 0) is 18.9 Å². The van der Waals surface area contributed by atoms with E-state index in [2.05, 4.69) is 21.9 Å². The summed E-state index contributed by atoms with van der Waals surface area (Å²) in [6, 6.07) is 13.4. The first-order chi connectivity index (χ1) is 28.6. The fourth-order valence-corrected chi connectivity index (χ4v) is 5.31. The second-order valence-corrected chi connectivity index (χ2v) is 13.8. The molecule has 3 atom stereocenters. The van der Waals surface area contributed by atoms with Crippen LogP contribution >= 0.6 is 0 Å². The average Bonchev–Trinajstić information content (AvgIpc) is 3.23. The van der Waals surface area contributed by atoms with Crippen molar-refractivity contribution in [2.24, 2.45) is 0 Å². The molecule has 16 heteroatoms. The first kappa shape index (κ1) is 46.9. The number of unbranched alkanes of at least 4 members (excludes halogenated alkanes) is 3. The van der Waals surface area contributed by atoms with Gasteiger partial charge in [-0.15, -0.1) is 0 Å². The molecule has 1 aromatic heterocycles. The Morgan fingerprint density at radius 1 is 0.441 bits per heavy atom. The normalized spacial score (nSPS) is 12.9. The van der Waals surface area contributed by atoms with Crippen molar-refractivity contribution >= 4 is 0 Å². The van der Waals surface area contributed by atoms with Crippen LogP contribution in [0.25, 0.3) is 34.2 Å². The second kappa shape index (κ2) is 25.6. The van der Waals surface area contributed by atoms with Crippen LogP contribution in [0, 0.1) is 0 Å². The van der Waals surface area contributed by atoms with Crippen molar-refractivity contribution in [2.75, 3.05) is 66.3 Å². The Hall–Kier alpha value is -4.81. The molecule has 16 nitrogen and oxygen atoms in total. The molecule has 1 heterocycles. The Kier molecular flexibility index (Phi) is 20.4. The van der Waals surface area contributed by atoms with Gasteiger partial charge in [-0.05, 0) is 55.7 Å². The smallest absolute Gasteiger partial charge is 0.167 e. The number of phenols is 3. The second-order valence-electron chi connectivity index (χ2n) is 13.8. The summed E-state index contributed by atoms with van der Waals surface area (Å²) in [5.74, 6) is 0.0971. The quantitative estimate of drug-likeness (QED) is 0.0288. The van der Waals surface area contributed by atoms with Crippen LogP contribution in [0.1, 0.15) is 59.3 Å². The average molecular weight is 826 g/mol. The Morgan fingerprint density at radius 2 is 0.763 bits per heavy atom. The zero-order chi connectivity index (χ0) is 42.4. The van der Waals surface area contributed by atoms with Crippen LogP contribution < -0.4 is 14.2 Å². The molecular weight excluding hydrogens is 766 g/mol. The molecular formula is C43H59N3O13. The Bertz CT molecular complexity index is 1740. The summed E-state index contributed by atoms with van der Waals surface area (Å²) in [5, 5.41) is 64.2. The van der Waals surface area contributed by atoms with Crippen molar-refractivity contribution in [1.82, 2.24) is 15.0 Å². The molecule has 0 aliphatic rings. The maximum Gasteiger partial charge on any atom is 0.167 e. The highest BCUT2D eigenvalue weighted by atomic mass is 16.7. The third-order valence-corrected chi connectivity index (χ3v) is 8.62. The van der Waals surface area contributed by atoms with E-state index in [4.69, 9.17) is 33.2 Å². The summed E-state index contributed by atoms with van der Waals surface area (Å²) in [6.45, 7) is 7.88. The molecule has 0 bridgehead atoms. The van der Waals surface area contributed by atoms with Crippen LogP contribution in [-0.4, -0.2) is 130 Å². The summed E-state index contributed by atoms with van der Waals surface area (Å²) < 4.78 is 38.6. The van der Waals surface area contributed by atoms with Crippen LogP contribution in [0.3, 0.4) is 0 Å². The molecule has 3 aromatic carbocycles. The molecule has 4 rings (SSSR count). The third-order valence-electron chi connectivity index (χ3n) is 8.62. The van der Waals surface area contributed by atoms with E-state index in [0.29, 0.717) is 19.8 Å². The summed E-state index contributed by atoms with van der Waals surface area (Å²) >= 11 is 0. The minimum Gasteiger partial charge on any atom is -0.507 e. The molecule has 0 aliphatic carbocycles. The number of nitrogens with zero attached hydrogens (tertiary/aromatic N) is 3. The predicted molar refractivity (Wildman–Crippen MR) is 219 cm³/mol. The molecule has 4 aromatic rings.